The van der Waals surface area contributed by atoms with Crippen molar-refractivity contribution in [1.82, 2.24) is 20.2 Å². The van der Waals surface area contributed by atoms with E-state index in [9.17, 15) is 4.79 Å². The average Bonchev–Trinajstić information content (AvgIpc) is 3.32. The van der Waals surface area contributed by atoms with Gasteiger partial charge in [-0.2, -0.15) is 0 Å². The lowest BCUT2D eigenvalue weighted by Crippen LogP contribution is -2.37. The molecule has 4 rings (SSSR count). The lowest BCUT2D eigenvalue weighted by atomic mass is 10.1. The molecular weight excluding hydrogens is 434 g/mol. The Hall–Kier alpha value is -2.97. The first-order valence-corrected chi connectivity index (χ1v) is 12.2. The van der Waals surface area contributed by atoms with Crippen LogP contribution in [0.15, 0.2) is 54.3 Å². The normalized spacial score (nSPS) is 14.8. The molecule has 0 fully saturated rings. The first-order valence-electron chi connectivity index (χ1n) is 11.4. The number of hydrogen-bond acceptors (Lipinski definition) is 7. The van der Waals surface area contributed by atoms with Crippen molar-refractivity contribution in [2.45, 2.75) is 39.0 Å². The summed E-state index contributed by atoms with van der Waals surface area (Å²) in [5.41, 5.74) is 1.63. The van der Waals surface area contributed by atoms with Crippen molar-refractivity contribution < 1.29 is 9.53 Å². The van der Waals surface area contributed by atoms with E-state index in [0.717, 1.165) is 36.6 Å². The van der Waals surface area contributed by atoms with Gasteiger partial charge in [-0.1, -0.05) is 18.2 Å². The Kier molecular flexibility index (Phi) is 7.57. The molecule has 0 bridgehead atoms. The number of amides is 1. The highest BCUT2D eigenvalue weighted by Gasteiger charge is 2.29. The van der Waals surface area contributed by atoms with E-state index in [2.05, 4.69) is 51.5 Å². The van der Waals surface area contributed by atoms with Crippen molar-refractivity contribution in [3.8, 4) is 5.75 Å². The molecule has 1 amide bonds. The lowest BCUT2D eigenvalue weighted by Gasteiger charge is -2.27. The summed E-state index contributed by atoms with van der Waals surface area (Å²) >= 11 is 1.71. The number of thiophene rings is 1. The van der Waals surface area contributed by atoms with Crippen LogP contribution in [0.25, 0.3) is 0 Å². The van der Waals surface area contributed by atoms with Crippen LogP contribution in [-0.4, -0.2) is 53.5 Å². The summed E-state index contributed by atoms with van der Waals surface area (Å²) in [4.78, 5) is 27.0. The van der Waals surface area contributed by atoms with E-state index in [1.807, 2.05) is 36.2 Å². The molecule has 3 heterocycles. The van der Waals surface area contributed by atoms with Gasteiger partial charge in [0, 0.05) is 43.2 Å². The third-order valence-electron chi connectivity index (χ3n) is 5.81. The minimum absolute atomic E-state index is 0.0222. The molecule has 7 nitrogen and oxygen atoms in total. The van der Waals surface area contributed by atoms with Crippen molar-refractivity contribution in [2.75, 3.05) is 31.6 Å². The molecule has 0 aliphatic carbocycles. The Bertz CT molecular complexity index is 1040. The van der Waals surface area contributed by atoms with Crippen LogP contribution in [0.5, 0.6) is 5.75 Å². The highest BCUT2D eigenvalue weighted by molar-refractivity contribution is 7.10. The summed E-state index contributed by atoms with van der Waals surface area (Å²) < 4.78 is 6.30. The van der Waals surface area contributed by atoms with Crippen LogP contribution in [0, 0.1) is 0 Å². The molecule has 1 unspecified atom stereocenters. The maximum atomic E-state index is 13.2. The molecule has 0 saturated heterocycles. The Labute approximate surface area is 199 Å². The van der Waals surface area contributed by atoms with Gasteiger partial charge in [-0.25, -0.2) is 9.97 Å². The number of aromatic nitrogens is 2. The molecule has 3 aromatic rings. The van der Waals surface area contributed by atoms with Gasteiger partial charge in [0.15, 0.2) is 0 Å². The van der Waals surface area contributed by atoms with Crippen LogP contribution in [0.2, 0.25) is 0 Å². The average molecular weight is 466 g/mol. The third kappa shape index (κ3) is 5.51. The number of benzene rings is 1. The van der Waals surface area contributed by atoms with Gasteiger partial charge in [0.1, 0.15) is 29.6 Å². The summed E-state index contributed by atoms with van der Waals surface area (Å²) in [5.74, 6) is 1.52. The molecule has 1 aliphatic heterocycles. The third-order valence-corrected chi connectivity index (χ3v) is 6.77. The van der Waals surface area contributed by atoms with Crippen LogP contribution < -0.4 is 15.0 Å². The number of anilines is 1. The van der Waals surface area contributed by atoms with E-state index >= 15 is 0 Å². The number of fused-ring (bicyclic) bond motifs is 1. The summed E-state index contributed by atoms with van der Waals surface area (Å²) in [6, 6.07) is 12.5. The van der Waals surface area contributed by atoms with E-state index in [0.29, 0.717) is 18.7 Å². The molecule has 1 N–H and O–H groups in total. The van der Waals surface area contributed by atoms with Crippen molar-refractivity contribution in [3.63, 3.8) is 0 Å². The van der Waals surface area contributed by atoms with Gasteiger partial charge < -0.3 is 19.9 Å². The Morgan fingerprint density at radius 3 is 2.70 bits per heavy atom. The standard InChI is InChI=1S/C25H31N5O2S/c1-18(2)30-13-12-29(25(31)21-15-27-17-28-24(21)30)16-19-6-8-20(9-7-19)32-22(10-11-26-3)23-5-4-14-33-23/h4-9,14-15,17-18,22,26H,10-13,16H2,1-3H3. The van der Waals surface area contributed by atoms with E-state index in [1.165, 1.54) is 11.2 Å². The Morgan fingerprint density at radius 2 is 2.00 bits per heavy atom. The van der Waals surface area contributed by atoms with Crippen LogP contribution in [0.3, 0.4) is 0 Å². The number of rotatable bonds is 9. The number of nitrogens with one attached hydrogen (secondary N) is 1. The van der Waals surface area contributed by atoms with Crippen LogP contribution >= 0.6 is 11.3 Å². The number of ether oxygens (including phenoxy) is 1. The molecule has 0 saturated carbocycles. The van der Waals surface area contributed by atoms with Gasteiger partial charge >= 0.3 is 0 Å². The first-order chi connectivity index (χ1) is 16.1. The van der Waals surface area contributed by atoms with Crippen molar-refractivity contribution in [3.05, 3.63) is 70.3 Å². The zero-order chi connectivity index (χ0) is 23.2. The van der Waals surface area contributed by atoms with Crippen LogP contribution in [0.1, 0.15) is 47.2 Å². The molecule has 1 aliphatic rings. The molecule has 1 aromatic carbocycles. The predicted molar refractivity (Wildman–Crippen MR) is 132 cm³/mol. The van der Waals surface area contributed by atoms with Crippen molar-refractivity contribution >= 4 is 23.1 Å². The SMILES string of the molecule is CNCCC(Oc1ccc(CN2CCN(C(C)C)c3ncncc3C2=O)cc1)c1cccs1. The zero-order valence-corrected chi connectivity index (χ0v) is 20.2. The van der Waals surface area contributed by atoms with Gasteiger partial charge in [0.2, 0.25) is 0 Å². The largest absolute Gasteiger partial charge is 0.485 e. The second kappa shape index (κ2) is 10.8. The second-order valence-corrected chi connectivity index (χ2v) is 9.41. The van der Waals surface area contributed by atoms with Gasteiger partial charge in [0.25, 0.3) is 5.91 Å². The van der Waals surface area contributed by atoms with E-state index < -0.39 is 0 Å². The fourth-order valence-electron chi connectivity index (χ4n) is 4.03. The lowest BCUT2D eigenvalue weighted by molar-refractivity contribution is 0.0754. The molecule has 0 radical (unpaired) electrons. The minimum atomic E-state index is -0.0288. The zero-order valence-electron chi connectivity index (χ0n) is 19.4. The number of carbonyl (C=O) groups excluding carboxylic acids is 1. The fourth-order valence-corrected chi connectivity index (χ4v) is 4.82. The maximum absolute atomic E-state index is 13.2. The summed E-state index contributed by atoms with van der Waals surface area (Å²) in [7, 11) is 1.95. The smallest absolute Gasteiger partial charge is 0.259 e. The highest BCUT2D eigenvalue weighted by Crippen LogP contribution is 2.29. The topological polar surface area (TPSA) is 70.6 Å². The molecule has 8 heteroatoms. The second-order valence-electron chi connectivity index (χ2n) is 8.43. The summed E-state index contributed by atoms with van der Waals surface area (Å²) in [5, 5.41) is 5.28. The van der Waals surface area contributed by atoms with Gasteiger partial charge in [-0.15, -0.1) is 11.3 Å². The fraction of sp³-hybridized carbons (Fsp3) is 0.400. The number of nitrogens with zero attached hydrogens (tertiary/aromatic N) is 4. The van der Waals surface area contributed by atoms with Gasteiger partial charge in [-0.3, -0.25) is 4.79 Å². The van der Waals surface area contributed by atoms with Gasteiger partial charge in [-0.05, 0) is 56.6 Å². The Morgan fingerprint density at radius 1 is 1.18 bits per heavy atom. The van der Waals surface area contributed by atoms with Crippen LogP contribution in [-0.2, 0) is 6.54 Å². The predicted octanol–water partition coefficient (Wildman–Crippen LogP) is 4.14. The minimum Gasteiger partial charge on any atom is -0.485 e. The Balaban J connectivity index is 1.46. The summed E-state index contributed by atoms with van der Waals surface area (Å²) in [6.45, 7) is 7.03. The number of carbonyl (C=O) groups is 1. The molecule has 33 heavy (non-hydrogen) atoms. The van der Waals surface area contributed by atoms with E-state index in [4.69, 9.17) is 4.74 Å². The maximum Gasteiger partial charge on any atom is 0.259 e. The van der Waals surface area contributed by atoms with Crippen molar-refractivity contribution in [2.24, 2.45) is 0 Å². The molecule has 2 aromatic heterocycles. The molecular formula is C25H31N5O2S. The molecule has 174 valence electrons. The van der Waals surface area contributed by atoms with Crippen LogP contribution in [0.4, 0.5) is 5.82 Å². The first kappa shape index (κ1) is 23.2. The van der Waals surface area contributed by atoms with Gasteiger partial charge in [0.05, 0.1) is 0 Å². The summed E-state index contributed by atoms with van der Waals surface area (Å²) in [6.07, 6.45) is 4.06. The number of hydrogen-bond donors (Lipinski definition) is 1. The van der Waals surface area contributed by atoms with E-state index in [1.54, 1.807) is 17.5 Å². The molecule has 0 spiro atoms. The quantitative estimate of drug-likeness (QED) is 0.512. The molecule has 1 atom stereocenters. The van der Waals surface area contributed by atoms with E-state index in [-0.39, 0.29) is 18.1 Å². The monoisotopic (exact) mass is 465 g/mol. The highest BCUT2D eigenvalue weighted by atomic mass is 32.1. The van der Waals surface area contributed by atoms with Crippen molar-refractivity contribution in [1.29, 1.82) is 0 Å².